The number of phenolic OH excluding ortho intramolecular Hbond substituents is 1. The van der Waals surface area contributed by atoms with Gasteiger partial charge in [-0.15, -0.1) is 0 Å². The van der Waals surface area contributed by atoms with Crippen molar-refractivity contribution in [3.05, 3.63) is 64.7 Å². The molecule has 1 nitrogen and oxygen atoms in total. The number of hydrogen-bond acceptors (Lipinski definition) is 1. The van der Waals surface area contributed by atoms with Crippen LogP contribution in [0.1, 0.15) is 36.8 Å². The molecule has 0 saturated carbocycles. The monoisotopic (exact) mass is 260 g/mol. The van der Waals surface area contributed by atoms with Crippen LogP contribution in [0.15, 0.2) is 48.5 Å². The molecule has 94 valence electrons. The summed E-state index contributed by atoms with van der Waals surface area (Å²) in [5, 5.41) is 10.1. The van der Waals surface area contributed by atoms with Gasteiger partial charge in [0, 0.05) is 5.02 Å². The van der Waals surface area contributed by atoms with Gasteiger partial charge in [-0.1, -0.05) is 49.7 Å². The molecule has 0 spiro atoms. The zero-order chi connectivity index (χ0) is 13.1. The molecule has 0 aliphatic heterocycles. The average Bonchev–Trinajstić information content (AvgIpc) is 2.39. The van der Waals surface area contributed by atoms with Crippen molar-refractivity contribution in [1.82, 2.24) is 0 Å². The van der Waals surface area contributed by atoms with Crippen molar-refractivity contribution in [3.8, 4) is 5.75 Å². The molecule has 0 bridgehead atoms. The van der Waals surface area contributed by atoms with Crippen LogP contribution < -0.4 is 0 Å². The molecule has 2 rings (SSSR count). The number of rotatable bonds is 3. The van der Waals surface area contributed by atoms with E-state index in [1.54, 1.807) is 12.1 Å². The highest BCUT2D eigenvalue weighted by Crippen LogP contribution is 2.33. The zero-order valence-electron chi connectivity index (χ0n) is 10.6. The summed E-state index contributed by atoms with van der Waals surface area (Å²) in [4.78, 5) is 0. The van der Waals surface area contributed by atoms with Crippen LogP contribution in [0.2, 0.25) is 5.02 Å². The van der Waals surface area contributed by atoms with Crippen LogP contribution in [0.3, 0.4) is 0 Å². The third-order valence-corrected chi connectivity index (χ3v) is 3.82. The molecule has 2 atom stereocenters. The van der Waals surface area contributed by atoms with E-state index in [1.807, 2.05) is 24.3 Å². The molecule has 2 heteroatoms. The maximum atomic E-state index is 9.31. The Kier molecular flexibility index (Phi) is 3.93. The largest absolute Gasteiger partial charge is 0.508 e. The molecular weight excluding hydrogens is 244 g/mol. The summed E-state index contributed by atoms with van der Waals surface area (Å²) in [7, 11) is 0. The van der Waals surface area contributed by atoms with Gasteiger partial charge in [-0.3, -0.25) is 0 Å². The van der Waals surface area contributed by atoms with Crippen molar-refractivity contribution in [3.63, 3.8) is 0 Å². The second-order valence-corrected chi connectivity index (χ2v) is 5.16. The average molecular weight is 261 g/mol. The highest BCUT2D eigenvalue weighted by atomic mass is 35.5. The number of benzene rings is 2. The van der Waals surface area contributed by atoms with Crippen LogP contribution in [0.4, 0.5) is 0 Å². The van der Waals surface area contributed by atoms with Crippen LogP contribution in [0.5, 0.6) is 5.75 Å². The smallest absolute Gasteiger partial charge is 0.115 e. The number of aromatic hydroxyl groups is 1. The van der Waals surface area contributed by atoms with E-state index in [9.17, 15) is 5.11 Å². The first kappa shape index (κ1) is 13.0. The zero-order valence-corrected chi connectivity index (χ0v) is 11.4. The first-order valence-corrected chi connectivity index (χ1v) is 6.50. The predicted octanol–water partition coefficient (Wildman–Crippen LogP) is 4.95. The fourth-order valence-corrected chi connectivity index (χ4v) is 2.25. The second kappa shape index (κ2) is 5.45. The van der Waals surface area contributed by atoms with Crippen LogP contribution in [0, 0.1) is 0 Å². The van der Waals surface area contributed by atoms with Crippen molar-refractivity contribution in [1.29, 1.82) is 0 Å². The molecule has 0 aromatic heterocycles. The molecule has 0 radical (unpaired) electrons. The van der Waals surface area contributed by atoms with E-state index in [4.69, 9.17) is 11.6 Å². The quantitative estimate of drug-likeness (QED) is 0.828. The molecule has 2 aromatic rings. The molecule has 1 N–H and O–H groups in total. The molecule has 2 aromatic carbocycles. The first-order chi connectivity index (χ1) is 8.58. The minimum Gasteiger partial charge on any atom is -0.508 e. The third-order valence-electron chi connectivity index (χ3n) is 3.56. The first-order valence-electron chi connectivity index (χ1n) is 6.12. The molecule has 0 saturated heterocycles. The number of hydrogen-bond donors (Lipinski definition) is 1. The lowest BCUT2D eigenvalue weighted by Crippen LogP contribution is -2.04. The van der Waals surface area contributed by atoms with Gasteiger partial charge < -0.3 is 5.11 Å². The van der Waals surface area contributed by atoms with E-state index in [2.05, 4.69) is 26.0 Å². The Morgan fingerprint density at radius 3 is 1.61 bits per heavy atom. The summed E-state index contributed by atoms with van der Waals surface area (Å²) in [5.74, 6) is 1.11. The molecule has 0 aliphatic carbocycles. The van der Waals surface area contributed by atoms with Crippen LogP contribution in [0.25, 0.3) is 0 Å². The highest BCUT2D eigenvalue weighted by molar-refractivity contribution is 6.30. The lowest BCUT2D eigenvalue weighted by molar-refractivity contribution is 0.474. The summed E-state index contributed by atoms with van der Waals surface area (Å²) in [6, 6.07) is 15.4. The SMILES string of the molecule is CC(c1ccc(O)cc1)C(C)c1ccc(Cl)cc1. The standard InChI is InChI=1S/C16H17ClO/c1-11(13-3-7-15(17)8-4-13)12(2)14-5-9-16(18)10-6-14/h3-12,18H,1-2H3. The fraction of sp³-hybridized carbons (Fsp3) is 0.250. The molecule has 0 amide bonds. The van der Waals surface area contributed by atoms with Gasteiger partial charge in [0.15, 0.2) is 0 Å². The molecule has 2 unspecified atom stereocenters. The molecule has 0 aliphatic rings. The van der Waals surface area contributed by atoms with Crippen molar-refractivity contribution in [2.75, 3.05) is 0 Å². The topological polar surface area (TPSA) is 20.2 Å². The predicted molar refractivity (Wildman–Crippen MR) is 76.4 cm³/mol. The number of halogens is 1. The fourth-order valence-electron chi connectivity index (χ4n) is 2.12. The Balaban J connectivity index is 2.20. The summed E-state index contributed by atoms with van der Waals surface area (Å²) in [6.45, 7) is 4.41. The van der Waals surface area contributed by atoms with Crippen molar-refractivity contribution >= 4 is 11.6 Å². The van der Waals surface area contributed by atoms with E-state index in [0.29, 0.717) is 17.6 Å². The van der Waals surface area contributed by atoms with Crippen LogP contribution >= 0.6 is 11.6 Å². The van der Waals surface area contributed by atoms with Crippen molar-refractivity contribution in [2.24, 2.45) is 0 Å². The molecule has 0 heterocycles. The van der Waals surface area contributed by atoms with Gasteiger partial charge in [0.25, 0.3) is 0 Å². The minimum atomic E-state index is 0.310. The maximum Gasteiger partial charge on any atom is 0.115 e. The third kappa shape index (κ3) is 2.85. The summed E-state index contributed by atoms with van der Waals surface area (Å²) >= 11 is 5.90. The normalized spacial score (nSPS) is 14.2. The van der Waals surface area contributed by atoms with Gasteiger partial charge in [0.05, 0.1) is 0 Å². The van der Waals surface area contributed by atoms with E-state index in [-0.39, 0.29) is 0 Å². The minimum absolute atomic E-state index is 0.310. The summed E-state index contributed by atoms with van der Waals surface area (Å²) in [5.41, 5.74) is 2.51. The van der Waals surface area contributed by atoms with Gasteiger partial charge in [0.2, 0.25) is 0 Å². The van der Waals surface area contributed by atoms with E-state index < -0.39 is 0 Å². The Labute approximate surface area is 113 Å². The van der Waals surface area contributed by atoms with Crippen LogP contribution in [-0.4, -0.2) is 5.11 Å². The Morgan fingerprint density at radius 1 is 0.778 bits per heavy atom. The Bertz CT molecular complexity index is 452. The summed E-state index contributed by atoms with van der Waals surface area (Å²) in [6.07, 6.45) is 0. The summed E-state index contributed by atoms with van der Waals surface area (Å²) < 4.78 is 0. The second-order valence-electron chi connectivity index (χ2n) is 4.72. The Hall–Kier alpha value is -1.47. The Morgan fingerprint density at radius 2 is 1.17 bits per heavy atom. The lowest BCUT2D eigenvalue weighted by atomic mass is 9.84. The van der Waals surface area contributed by atoms with Crippen LogP contribution in [-0.2, 0) is 0 Å². The van der Waals surface area contributed by atoms with Gasteiger partial charge in [-0.25, -0.2) is 0 Å². The van der Waals surface area contributed by atoms with Gasteiger partial charge in [0.1, 0.15) is 5.75 Å². The molecule has 18 heavy (non-hydrogen) atoms. The molecule has 0 fully saturated rings. The van der Waals surface area contributed by atoms with Gasteiger partial charge in [-0.2, -0.15) is 0 Å². The van der Waals surface area contributed by atoms with E-state index >= 15 is 0 Å². The van der Waals surface area contributed by atoms with E-state index in [1.165, 1.54) is 11.1 Å². The van der Waals surface area contributed by atoms with Crippen molar-refractivity contribution < 1.29 is 5.11 Å². The van der Waals surface area contributed by atoms with E-state index in [0.717, 1.165) is 5.02 Å². The highest BCUT2D eigenvalue weighted by Gasteiger charge is 2.16. The number of phenols is 1. The van der Waals surface area contributed by atoms with Gasteiger partial charge in [-0.05, 0) is 47.2 Å². The lowest BCUT2D eigenvalue weighted by Gasteiger charge is -2.21. The molecular formula is C16H17ClO. The van der Waals surface area contributed by atoms with Gasteiger partial charge >= 0.3 is 0 Å². The maximum absolute atomic E-state index is 9.31. The van der Waals surface area contributed by atoms with Crippen molar-refractivity contribution in [2.45, 2.75) is 25.7 Å².